The molecule has 1 aromatic carbocycles. The highest BCUT2D eigenvalue weighted by atomic mass is 16.6. The first-order valence-electron chi connectivity index (χ1n) is 11.5. The molecule has 0 bridgehead atoms. The highest BCUT2D eigenvalue weighted by Gasteiger charge is 2.34. The van der Waals surface area contributed by atoms with Crippen LogP contribution in [0.4, 0.5) is 9.59 Å². The van der Waals surface area contributed by atoms with Crippen LogP contribution >= 0.6 is 0 Å². The summed E-state index contributed by atoms with van der Waals surface area (Å²) in [6.45, 7) is 14.4. The van der Waals surface area contributed by atoms with E-state index < -0.39 is 47.7 Å². The minimum Gasteiger partial charge on any atom is -0.444 e. The number of carbonyl (C=O) groups excluding carboxylic acids is 2. The second-order valence-corrected chi connectivity index (χ2v) is 10.5. The van der Waals surface area contributed by atoms with Gasteiger partial charge in [0.05, 0.1) is 18.2 Å². The summed E-state index contributed by atoms with van der Waals surface area (Å²) in [6.07, 6.45) is -3.11. The summed E-state index contributed by atoms with van der Waals surface area (Å²) < 4.78 is 10.7. The highest BCUT2D eigenvalue weighted by Crippen LogP contribution is 2.24. The number of aliphatic hydroxyl groups is 2. The first kappa shape index (κ1) is 28.7. The molecule has 2 amide bonds. The molecular formula is C25H42N2O6. The number of nitrogens with one attached hydrogen (secondary N) is 2. The fraction of sp³-hybridized carbons (Fsp3) is 0.680. The van der Waals surface area contributed by atoms with Crippen molar-refractivity contribution < 1.29 is 29.3 Å². The van der Waals surface area contributed by atoms with Gasteiger partial charge in [0, 0.05) is 6.42 Å². The second-order valence-electron chi connectivity index (χ2n) is 10.5. The monoisotopic (exact) mass is 466 g/mol. The van der Waals surface area contributed by atoms with Gasteiger partial charge in [-0.1, -0.05) is 50.6 Å². The summed E-state index contributed by atoms with van der Waals surface area (Å²) in [5, 5.41) is 27.4. The molecule has 1 aromatic rings. The Morgan fingerprint density at radius 3 is 1.85 bits per heavy atom. The van der Waals surface area contributed by atoms with Crippen LogP contribution in [0.2, 0.25) is 0 Å². The number of alkyl carbamates (subject to hydrolysis) is 2. The maximum atomic E-state index is 12.4. The molecular weight excluding hydrogens is 424 g/mol. The van der Waals surface area contributed by atoms with Crippen LogP contribution in [0.3, 0.4) is 0 Å². The van der Waals surface area contributed by atoms with Crippen molar-refractivity contribution in [3.8, 4) is 0 Å². The lowest BCUT2D eigenvalue weighted by molar-refractivity contribution is -0.0285. The molecule has 0 heterocycles. The van der Waals surface area contributed by atoms with Gasteiger partial charge in [-0.2, -0.15) is 0 Å². The van der Waals surface area contributed by atoms with Crippen LogP contribution in [0.15, 0.2) is 30.3 Å². The molecule has 5 atom stereocenters. The first-order valence-corrected chi connectivity index (χ1v) is 11.5. The fourth-order valence-corrected chi connectivity index (χ4v) is 3.30. The average molecular weight is 467 g/mol. The summed E-state index contributed by atoms with van der Waals surface area (Å²) >= 11 is 0. The van der Waals surface area contributed by atoms with Crippen LogP contribution < -0.4 is 10.6 Å². The number of amides is 2. The van der Waals surface area contributed by atoms with E-state index in [2.05, 4.69) is 10.6 Å². The summed E-state index contributed by atoms with van der Waals surface area (Å²) in [5.74, 6) is -0.129. The standard InChI is InChI=1S/C25H42N2O6/c1-9-16(2)20(27-23(31)33-25(6,7)8)21(29)19(28)15-18(17-13-11-10-12-14-17)26-22(30)32-24(3,4)5/h10-14,16,18-21,28-29H,9,15H2,1-8H3,(H,26,30)(H,27,31)/t16-,18-,19-,20-,21+/m0/s1. The molecule has 8 heteroatoms. The lowest BCUT2D eigenvalue weighted by Crippen LogP contribution is -2.53. The predicted molar refractivity (Wildman–Crippen MR) is 128 cm³/mol. The van der Waals surface area contributed by atoms with Gasteiger partial charge in [0.25, 0.3) is 0 Å². The number of carbonyl (C=O) groups is 2. The molecule has 0 aliphatic rings. The quantitative estimate of drug-likeness (QED) is 0.431. The van der Waals surface area contributed by atoms with Crippen LogP contribution in [-0.2, 0) is 9.47 Å². The minimum absolute atomic E-state index is 0.0212. The third-order valence-electron chi connectivity index (χ3n) is 5.07. The Bertz CT molecular complexity index is 742. The third kappa shape index (κ3) is 10.9. The number of benzene rings is 1. The summed E-state index contributed by atoms with van der Waals surface area (Å²) in [5.41, 5.74) is -0.610. The molecule has 188 valence electrons. The van der Waals surface area contributed by atoms with E-state index >= 15 is 0 Å². The Labute approximate surface area is 198 Å². The number of hydrogen-bond donors (Lipinski definition) is 4. The van der Waals surface area contributed by atoms with Crippen molar-refractivity contribution in [2.45, 2.75) is 104 Å². The molecule has 0 spiro atoms. The van der Waals surface area contributed by atoms with Crippen molar-refractivity contribution in [3.05, 3.63) is 35.9 Å². The molecule has 0 saturated carbocycles. The van der Waals surface area contributed by atoms with Gasteiger partial charge < -0.3 is 30.3 Å². The van der Waals surface area contributed by atoms with Gasteiger partial charge in [-0.05, 0) is 53.0 Å². The molecule has 0 unspecified atom stereocenters. The molecule has 0 aromatic heterocycles. The van der Waals surface area contributed by atoms with Crippen LogP contribution in [0.1, 0.15) is 79.8 Å². The van der Waals surface area contributed by atoms with Crippen LogP contribution in [-0.4, -0.2) is 51.9 Å². The maximum absolute atomic E-state index is 12.4. The molecule has 4 N–H and O–H groups in total. The Balaban J connectivity index is 3.02. The van der Waals surface area contributed by atoms with Gasteiger partial charge in [-0.15, -0.1) is 0 Å². The zero-order valence-electron chi connectivity index (χ0n) is 21.2. The maximum Gasteiger partial charge on any atom is 0.408 e. The predicted octanol–water partition coefficient (Wildman–Crippen LogP) is 4.30. The molecule has 33 heavy (non-hydrogen) atoms. The Morgan fingerprint density at radius 2 is 1.39 bits per heavy atom. The molecule has 8 nitrogen and oxygen atoms in total. The van der Waals surface area contributed by atoms with Crippen molar-refractivity contribution in [1.29, 1.82) is 0 Å². The van der Waals surface area contributed by atoms with Gasteiger partial charge in [-0.25, -0.2) is 9.59 Å². The Morgan fingerprint density at radius 1 is 0.909 bits per heavy atom. The molecule has 0 radical (unpaired) electrons. The average Bonchev–Trinajstić information content (AvgIpc) is 2.68. The van der Waals surface area contributed by atoms with Crippen molar-refractivity contribution >= 4 is 12.2 Å². The van der Waals surface area contributed by atoms with Crippen LogP contribution in [0.25, 0.3) is 0 Å². The minimum atomic E-state index is -1.28. The molecule has 0 fully saturated rings. The number of rotatable bonds is 9. The van der Waals surface area contributed by atoms with Gasteiger partial charge in [0.2, 0.25) is 0 Å². The highest BCUT2D eigenvalue weighted by molar-refractivity contribution is 5.68. The fourth-order valence-electron chi connectivity index (χ4n) is 3.30. The number of ether oxygens (including phenoxy) is 2. The third-order valence-corrected chi connectivity index (χ3v) is 5.07. The zero-order valence-corrected chi connectivity index (χ0v) is 21.2. The molecule has 0 saturated heterocycles. The van der Waals surface area contributed by atoms with Crippen molar-refractivity contribution in [1.82, 2.24) is 10.6 Å². The Kier molecular flexibility index (Phi) is 10.6. The normalized spacial score (nSPS) is 16.7. The van der Waals surface area contributed by atoms with E-state index in [1.54, 1.807) is 41.5 Å². The van der Waals surface area contributed by atoms with Gasteiger partial charge in [-0.3, -0.25) is 0 Å². The number of hydrogen-bond acceptors (Lipinski definition) is 6. The lowest BCUT2D eigenvalue weighted by atomic mass is 9.88. The van der Waals surface area contributed by atoms with Crippen LogP contribution in [0.5, 0.6) is 0 Å². The topological polar surface area (TPSA) is 117 Å². The summed E-state index contributed by atoms with van der Waals surface area (Å²) in [6, 6.07) is 7.81. The van der Waals surface area contributed by atoms with E-state index in [-0.39, 0.29) is 12.3 Å². The van der Waals surface area contributed by atoms with Gasteiger partial charge in [0.15, 0.2) is 0 Å². The van der Waals surface area contributed by atoms with Gasteiger partial charge >= 0.3 is 12.2 Å². The lowest BCUT2D eigenvalue weighted by Gasteiger charge is -2.34. The van der Waals surface area contributed by atoms with E-state index in [0.717, 1.165) is 5.56 Å². The Hall–Kier alpha value is -2.32. The van der Waals surface area contributed by atoms with E-state index in [1.165, 1.54) is 0 Å². The SMILES string of the molecule is CC[C@H](C)[C@H](NC(=O)OC(C)(C)C)[C@H](O)[C@@H](O)C[C@H](NC(=O)OC(C)(C)C)c1ccccc1. The smallest absolute Gasteiger partial charge is 0.408 e. The van der Waals surface area contributed by atoms with Gasteiger partial charge in [0.1, 0.15) is 17.3 Å². The van der Waals surface area contributed by atoms with E-state index in [1.807, 2.05) is 44.2 Å². The summed E-state index contributed by atoms with van der Waals surface area (Å²) in [4.78, 5) is 24.7. The van der Waals surface area contributed by atoms with Crippen LogP contribution in [0, 0.1) is 5.92 Å². The van der Waals surface area contributed by atoms with E-state index in [9.17, 15) is 19.8 Å². The largest absolute Gasteiger partial charge is 0.444 e. The molecule has 0 aliphatic heterocycles. The molecule has 1 rings (SSSR count). The first-order chi connectivity index (χ1) is 15.1. The molecule has 0 aliphatic carbocycles. The van der Waals surface area contributed by atoms with Crippen molar-refractivity contribution in [2.75, 3.05) is 0 Å². The van der Waals surface area contributed by atoms with E-state index in [4.69, 9.17) is 9.47 Å². The van der Waals surface area contributed by atoms with Crippen molar-refractivity contribution in [2.24, 2.45) is 5.92 Å². The van der Waals surface area contributed by atoms with Crippen molar-refractivity contribution in [3.63, 3.8) is 0 Å². The zero-order chi connectivity index (χ0) is 25.4. The second kappa shape index (κ2) is 12.2. The number of aliphatic hydroxyl groups excluding tert-OH is 2. The summed E-state index contributed by atoms with van der Waals surface area (Å²) in [7, 11) is 0. The van der Waals surface area contributed by atoms with E-state index in [0.29, 0.717) is 6.42 Å².